The highest BCUT2D eigenvalue weighted by molar-refractivity contribution is 5.86. The molecule has 0 aliphatic heterocycles. The fraction of sp³-hybridized carbons (Fsp3) is 0.188. The Bertz CT molecular complexity index is 703. The van der Waals surface area contributed by atoms with E-state index in [2.05, 4.69) is 35.5 Å². The number of hydrogen-bond acceptors (Lipinski definition) is 3. The molecule has 0 aliphatic rings. The molecule has 1 unspecified atom stereocenters. The molecule has 3 aromatic rings. The van der Waals surface area contributed by atoms with Gasteiger partial charge in [-0.2, -0.15) is 0 Å². The topological polar surface area (TPSA) is 52.0 Å². The van der Waals surface area contributed by atoms with Crippen LogP contribution in [0.3, 0.4) is 0 Å². The van der Waals surface area contributed by atoms with Crippen molar-refractivity contribution in [2.45, 2.75) is 19.4 Å². The Morgan fingerprint density at radius 2 is 1.89 bits per heavy atom. The third-order valence-electron chi connectivity index (χ3n) is 3.38. The third-order valence-corrected chi connectivity index (χ3v) is 3.38. The second-order valence-electron chi connectivity index (χ2n) is 4.69. The van der Waals surface area contributed by atoms with E-state index >= 15 is 0 Å². The fourth-order valence-corrected chi connectivity index (χ4v) is 2.15. The first kappa shape index (κ1) is 11.9. The van der Waals surface area contributed by atoms with Crippen molar-refractivity contribution in [3.63, 3.8) is 0 Å². The molecule has 0 bridgehead atoms. The quantitative estimate of drug-likeness (QED) is 0.769. The van der Waals surface area contributed by atoms with E-state index in [1.807, 2.05) is 25.1 Å². The van der Waals surface area contributed by atoms with Gasteiger partial charge in [-0.1, -0.05) is 48.5 Å². The number of rotatable bonds is 3. The molecule has 0 saturated carbocycles. The van der Waals surface area contributed by atoms with Crippen LogP contribution in [0.2, 0.25) is 0 Å². The third kappa shape index (κ3) is 2.25. The van der Waals surface area contributed by atoms with E-state index in [1.165, 1.54) is 10.8 Å². The molecule has 1 atom stereocenters. The Hall–Kier alpha value is -2.13. The van der Waals surface area contributed by atoms with Crippen molar-refractivity contribution in [1.82, 2.24) is 5.16 Å². The van der Waals surface area contributed by atoms with Gasteiger partial charge in [-0.3, -0.25) is 0 Å². The van der Waals surface area contributed by atoms with Crippen LogP contribution in [0, 0.1) is 0 Å². The summed E-state index contributed by atoms with van der Waals surface area (Å²) in [7, 11) is 0. The number of nitrogens with zero attached hydrogens (tertiary/aromatic N) is 1. The van der Waals surface area contributed by atoms with Gasteiger partial charge >= 0.3 is 0 Å². The minimum absolute atomic E-state index is 0.0818. The van der Waals surface area contributed by atoms with E-state index in [0.717, 1.165) is 23.4 Å². The van der Waals surface area contributed by atoms with E-state index in [0.29, 0.717) is 0 Å². The summed E-state index contributed by atoms with van der Waals surface area (Å²) < 4.78 is 5.31. The lowest BCUT2D eigenvalue weighted by molar-refractivity contribution is 0.360. The van der Waals surface area contributed by atoms with Crippen LogP contribution in [0.5, 0.6) is 0 Å². The van der Waals surface area contributed by atoms with Gasteiger partial charge in [0.05, 0.1) is 6.04 Å². The summed E-state index contributed by atoms with van der Waals surface area (Å²) in [6.07, 6.45) is 0.840. The van der Waals surface area contributed by atoms with Gasteiger partial charge in [0.15, 0.2) is 5.76 Å². The van der Waals surface area contributed by atoms with Gasteiger partial charge < -0.3 is 10.3 Å². The smallest absolute Gasteiger partial charge is 0.154 e. The molecule has 0 radical (unpaired) electrons. The highest BCUT2D eigenvalue weighted by Gasteiger charge is 2.12. The minimum Gasteiger partial charge on any atom is -0.359 e. The van der Waals surface area contributed by atoms with Crippen LogP contribution in [0.1, 0.15) is 25.1 Å². The molecule has 1 aromatic heterocycles. The summed E-state index contributed by atoms with van der Waals surface area (Å²) in [5.41, 5.74) is 7.83. The number of nitrogens with two attached hydrogens (primary N) is 1. The second kappa shape index (κ2) is 4.86. The summed E-state index contributed by atoms with van der Waals surface area (Å²) in [5.74, 6) is 0.741. The molecule has 19 heavy (non-hydrogen) atoms. The van der Waals surface area contributed by atoms with Crippen molar-refractivity contribution in [2.75, 3.05) is 0 Å². The van der Waals surface area contributed by atoms with Crippen molar-refractivity contribution in [3.8, 4) is 11.3 Å². The highest BCUT2D eigenvalue weighted by atomic mass is 16.5. The molecule has 2 aromatic carbocycles. The van der Waals surface area contributed by atoms with Gasteiger partial charge in [0.1, 0.15) is 5.69 Å². The molecule has 0 spiro atoms. The number of aromatic nitrogens is 1. The maximum atomic E-state index is 5.94. The van der Waals surface area contributed by atoms with Gasteiger partial charge in [-0.25, -0.2) is 0 Å². The predicted octanol–water partition coefficient (Wildman–Crippen LogP) is 3.90. The maximum absolute atomic E-state index is 5.94. The zero-order valence-corrected chi connectivity index (χ0v) is 10.8. The van der Waals surface area contributed by atoms with Crippen molar-refractivity contribution < 1.29 is 4.52 Å². The Labute approximate surface area is 112 Å². The first-order valence-electron chi connectivity index (χ1n) is 6.49. The van der Waals surface area contributed by atoms with E-state index in [9.17, 15) is 0 Å². The average Bonchev–Trinajstić information content (AvgIpc) is 2.95. The Balaban J connectivity index is 2.01. The lowest BCUT2D eigenvalue weighted by Crippen LogP contribution is -2.06. The van der Waals surface area contributed by atoms with Crippen LogP contribution in [-0.2, 0) is 0 Å². The molecule has 0 saturated heterocycles. The molecule has 0 fully saturated rings. The maximum Gasteiger partial charge on any atom is 0.154 e. The normalized spacial score (nSPS) is 12.7. The van der Waals surface area contributed by atoms with Crippen molar-refractivity contribution in [2.24, 2.45) is 5.73 Å². The molecule has 3 rings (SSSR count). The van der Waals surface area contributed by atoms with E-state index < -0.39 is 0 Å². The summed E-state index contributed by atoms with van der Waals surface area (Å²) in [6.45, 7) is 2.03. The van der Waals surface area contributed by atoms with Crippen LogP contribution in [0.25, 0.3) is 22.0 Å². The second-order valence-corrected chi connectivity index (χ2v) is 4.69. The van der Waals surface area contributed by atoms with Crippen LogP contribution < -0.4 is 5.73 Å². The van der Waals surface area contributed by atoms with E-state index in [4.69, 9.17) is 10.3 Å². The molecular formula is C16H16N2O. The predicted molar refractivity (Wildman–Crippen MR) is 76.7 cm³/mol. The zero-order valence-electron chi connectivity index (χ0n) is 10.8. The summed E-state index contributed by atoms with van der Waals surface area (Å²) in [4.78, 5) is 0. The van der Waals surface area contributed by atoms with Gasteiger partial charge in [0.25, 0.3) is 0 Å². The van der Waals surface area contributed by atoms with Gasteiger partial charge in [-0.15, -0.1) is 0 Å². The monoisotopic (exact) mass is 252 g/mol. The summed E-state index contributed by atoms with van der Waals surface area (Å²) in [5, 5.41) is 6.53. The number of benzene rings is 2. The molecule has 1 heterocycles. The molecule has 3 heteroatoms. The minimum atomic E-state index is -0.0818. The summed E-state index contributed by atoms with van der Waals surface area (Å²) >= 11 is 0. The summed E-state index contributed by atoms with van der Waals surface area (Å²) in [6, 6.07) is 16.4. The van der Waals surface area contributed by atoms with E-state index in [-0.39, 0.29) is 6.04 Å². The Morgan fingerprint density at radius 1 is 1.11 bits per heavy atom. The Morgan fingerprint density at radius 3 is 2.68 bits per heavy atom. The molecule has 2 N–H and O–H groups in total. The first-order valence-corrected chi connectivity index (χ1v) is 6.49. The lowest BCUT2D eigenvalue weighted by Gasteiger charge is -2.01. The van der Waals surface area contributed by atoms with Gasteiger partial charge in [0, 0.05) is 11.6 Å². The molecule has 3 nitrogen and oxygen atoms in total. The van der Waals surface area contributed by atoms with Crippen molar-refractivity contribution in [1.29, 1.82) is 0 Å². The molecular weight excluding hydrogens is 236 g/mol. The van der Waals surface area contributed by atoms with Gasteiger partial charge in [-0.05, 0) is 23.3 Å². The average molecular weight is 252 g/mol. The molecule has 0 amide bonds. The SMILES string of the molecule is CCC(N)c1cc(-c2ccc3ccccc3c2)no1. The van der Waals surface area contributed by atoms with Crippen molar-refractivity contribution >= 4 is 10.8 Å². The zero-order chi connectivity index (χ0) is 13.2. The lowest BCUT2D eigenvalue weighted by atomic mass is 10.0. The van der Waals surface area contributed by atoms with Crippen LogP contribution >= 0.6 is 0 Å². The molecule has 0 aliphatic carbocycles. The molecule has 96 valence electrons. The van der Waals surface area contributed by atoms with E-state index in [1.54, 1.807) is 0 Å². The van der Waals surface area contributed by atoms with Gasteiger partial charge in [0.2, 0.25) is 0 Å². The number of hydrogen-bond donors (Lipinski definition) is 1. The van der Waals surface area contributed by atoms with Crippen LogP contribution in [0.4, 0.5) is 0 Å². The Kier molecular flexibility index (Phi) is 3.05. The van der Waals surface area contributed by atoms with Crippen molar-refractivity contribution in [3.05, 3.63) is 54.3 Å². The van der Waals surface area contributed by atoms with Crippen LogP contribution in [0.15, 0.2) is 53.1 Å². The number of fused-ring (bicyclic) bond motifs is 1. The fourth-order valence-electron chi connectivity index (χ4n) is 2.15. The standard InChI is InChI=1S/C16H16N2O/c1-2-14(17)16-10-15(18-19-16)13-8-7-11-5-3-4-6-12(11)9-13/h3-10,14H,2,17H2,1H3. The van der Waals surface area contributed by atoms with Crippen LogP contribution in [-0.4, -0.2) is 5.16 Å². The highest BCUT2D eigenvalue weighted by Crippen LogP contribution is 2.26. The first-order chi connectivity index (χ1) is 9.28. The largest absolute Gasteiger partial charge is 0.359 e.